The highest BCUT2D eigenvalue weighted by Gasteiger charge is 2.09. The maximum Gasteiger partial charge on any atom is 0.271 e. The fraction of sp³-hybridized carbons (Fsp3) is 0.545. The van der Waals surface area contributed by atoms with Gasteiger partial charge in [-0.3, -0.25) is 9.78 Å². The summed E-state index contributed by atoms with van der Waals surface area (Å²) < 4.78 is 0. The van der Waals surface area contributed by atoms with Gasteiger partial charge in [0.1, 0.15) is 11.5 Å². The summed E-state index contributed by atoms with van der Waals surface area (Å²) in [6, 6.07) is 0.0987. The zero-order valence-corrected chi connectivity index (χ0v) is 9.95. The maximum absolute atomic E-state index is 11.6. The van der Waals surface area contributed by atoms with Gasteiger partial charge < -0.3 is 10.6 Å². The highest BCUT2D eigenvalue weighted by Crippen LogP contribution is 2.02. The molecule has 0 bridgehead atoms. The average Bonchev–Trinajstić information content (AvgIpc) is 2.26. The van der Waals surface area contributed by atoms with E-state index < -0.39 is 0 Å². The highest BCUT2D eigenvalue weighted by molar-refractivity contribution is 5.92. The van der Waals surface area contributed by atoms with Crippen molar-refractivity contribution in [2.45, 2.75) is 33.2 Å². The molecule has 0 fully saturated rings. The molecule has 16 heavy (non-hydrogen) atoms. The Kier molecular flexibility index (Phi) is 4.69. The van der Waals surface area contributed by atoms with Crippen molar-refractivity contribution in [1.82, 2.24) is 15.3 Å². The minimum absolute atomic E-state index is 0.0987. The summed E-state index contributed by atoms with van der Waals surface area (Å²) in [5, 5.41) is 5.86. The van der Waals surface area contributed by atoms with Gasteiger partial charge in [-0.1, -0.05) is 6.92 Å². The van der Waals surface area contributed by atoms with Crippen LogP contribution in [0, 0.1) is 0 Å². The number of hydrogen-bond donors (Lipinski definition) is 2. The molecule has 0 unspecified atom stereocenters. The molecule has 0 aromatic carbocycles. The lowest BCUT2D eigenvalue weighted by Gasteiger charge is -2.08. The van der Waals surface area contributed by atoms with Gasteiger partial charge in [0.05, 0.1) is 12.4 Å². The number of aromatic nitrogens is 2. The molecule has 1 amide bonds. The topological polar surface area (TPSA) is 66.9 Å². The van der Waals surface area contributed by atoms with Crippen LogP contribution in [0.25, 0.3) is 0 Å². The van der Waals surface area contributed by atoms with Gasteiger partial charge in [-0.25, -0.2) is 4.98 Å². The van der Waals surface area contributed by atoms with Gasteiger partial charge >= 0.3 is 0 Å². The maximum atomic E-state index is 11.6. The van der Waals surface area contributed by atoms with Gasteiger partial charge in [0, 0.05) is 12.6 Å². The van der Waals surface area contributed by atoms with Crippen LogP contribution < -0.4 is 10.6 Å². The summed E-state index contributed by atoms with van der Waals surface area (Å²) in [6.07, 6.45) is 4.08. The van der Waals surface area contributed by atoms with Crippen molar-refractivity contribution in [2.75, 3.05) is 11.9 Å². The molecular formula is C11H18N4O. The quantitative estimate of drug-likeness (QED) is 0.791. The second kappa shape index (κ2) is 6.05. The van der Waals surface area contributed by atoms with Crippen molar-refractivity contribution >= 4 is 11.7 Å². The summed E-state index contributed by atoms with van der Waals surface area (Å²) in [7, 11) is 0. The van der Waals surface area contributed by atoms with Crippen molar-refractivity contribution in [3.05, 3.63) is 18.1 Å². The van der Waals surface area contributed by atoms with Gasteiger partial charge in [-0.2, -0.15) is 0 Å². The second-order valence-corrected chi connectivity index (χ2v) is 3.84. The Hall–Kier alpha value is -1.65. The van der Waals surface area contributed by atoms with E-state index in [0.717, 1.165) is 13.0 Å². The molecule has 0 aliphatic heterocycles. The molecule has 88 valence electrons. The zero-order valence-electron chi connectivity index (χ0n) is 9.95. The Morgan fingerprint density at radius 2 is 2.19 bits per heavy atom. The van der Waals surface area contributed by atoms with Crippen molar-refractivity contribution in [2.24, 2.45) is 0 Å². The van der Waals surface area contributed by atoms with Crippen molar-refractivity contribution < 1.29 is 4.79 Å². The zero-order chi connectivity index (χ0) is 12.0. The fourth-order valence-electron chi connectivity index (χ4n) is 1.15. The molecule has 1 aromatic rings. The first-order valence-electron chi connectivity index (χ1n) is 5.50. The lowest BCUT2D eigenvalue weighted by atomic mass is 10.3. The molecule has 5 heteroatoms. The van der Waals surface area contributed by atoms with Crippen molar-refractivity contribution in [3.8, 4) is 0 Å². The molecule has 0 radical (unpaired) electrons. The number of hydrogen-bond acceptors (Lipinski definition) is 4. The highest BCUT2D eigenvalue weighted by atomic mass is 16.1. The first kappa shape index (κ1) is 12.4. The normalized spacial score (nSPS) is 10.2. The van der Waals surface area contributed by atoms with Crippen LogP contribution in [0.2, 0.25) is 0 Å². The smallest absolute Gasteiger partial charge is 0.271 e. The standard InChI is InChI=1S/C11H18N4O/c1-4-5-13-10-7-12-6-9(15-10)11(16)14-8(2)3/h6-8H,4-5H2,1-3H3,(H,13,15)(H,14,16). The van der Waals surface area contributed by atoms with E-state index in [0.29, 0.717) is 11.5 Å². The predicted octanol–water partition coefficient (Wildman–Crippen LogP) is 1.44. The predicted molar refractivity (Wildman–Crippen MR) is 63.4 cm³/mol. The van der Waals surface area contributed by atoms with Gasteiger partial charge in [0.2, 0.25) is 0 Å². The monoisotopic (exact) mass is 222 g/mol. The number of carbonyl (C=O) groups excluding carboxylic acids is 1. The van der Waals surface area contributed by atoms with E-state index in [1.807, 2.05) is 13.8 Å². The molecule has 2 N–H and O–H groups in total. The Morgan fingerprint density at radius 3 is 2.81 bits per heavy atom. The van der Waals surface area contributed by atoms with Crippen molar-refractivity contribution in [1.29, 1.82) is 0 Å². The third-order valence-electron chi connectivity index (χ3n) is 1.84. The van der Waals surface area contributed by atoms with E-state index in [4.69, 9.17) is 0 Å². The lowest BCUT2D eigenvalue weighted by Crippen LogP contribution is -2.31. The van der Waals surface area contributed by atoms with E-state index in [1.54, 1.807) is 6.20 Å². The van der Waals surface area contributed by atoms with Gasteiger partial charge in [0.15, 0.2) is 0 Å². The van der Waals surface area contributed by atoms with Gasteiger partial charge in [-0.05, 0) is 20.3 Å². The van der Waals surface area contributed by atoms with Crippen LogP contribution in [0.4, 0.5) is 5.82 Å². The molecule has 1 rings (SSSR count). The molecule has 1 heterocycles. The molecule has 5 nitrogen and oxygen atoms in total. The first-order chi connectivity index (χ1) is 7.63. The molecule has 0 spiro atoms. The van der Waals surface area contributed by atoms with E-state index in [-0.39, 0.29) is 11.9 Å². The van der Waals surface area contributed by atoms with E-state index in [2.05, 4.69) is 27.5 Å². The lowest BCUT2D eigenvalue weighted by molar-refractivity contribution is 0.0938. The largest absolute Gasteiger partial charge is 0.369 e. The summed E-state index contributed by atoms with van der Waals surface area (Å²) in [6.45, 7) is 6.70. The van der Waals surface area contributed by atoms with Crippen LogP contribution in [0.3, 0.4) is 0 Å². The number of amides is 1. The Labute approximate surface area is 95.7 Å². The van der Waals surface area contributed by atoms with E-state index in [9.17, 15) is 4.79 Å². The Balaban J connectivity index is 2.69. The minimum atomic E-state index is -0.192. The number of nitrogens with one attached hydrogen (secondary N) is 2. The summed E-state index contributed by atoms with van der Waals surface area (Å²) in [4.78, 5) is 19.8. The number of carbonyl (C=O) groups is 1. The molecule has 0 saturated heterocycles. The molecule has 0 saturated carbocycles. The van der Waals surface area contributed by atoms with Crippen LogP contribution in [0.15, 0.2) is 12.4 Å². The average molecular weight is 222 g/mol. The van der Waals surface area contributed by atoms with E-state index in [1.165, 1.54) is 6.20 Å². The number of anilines is 1. The fourth-order valence-corrected chi connectivity index (χ4v) is 1.15. The van der Waals surface area contributed by atoms with Crippen molar-refractivity contribution in [3.63, 3.8) is 0 Å². The summed E-state index contributed by atoms with van der Waals surface area (Å²) in [5.41, 5.74) is 0.342. The molecule has 0 atom stereocenters. The molecular weight excluding hydrogens is 204 g/mol. The SMILES string of the molecule is CCCNc1cncc(C(=O)NC(C)C)n1. The Morgan fingerprint density at radius 1 is 1.44 bits per heavy atom. The van der Waals surface area contributed by atoms with Crippen LogP contribution in [-0.4, -0.2) is 28.5 Å². The van der Waals surface area contributed by atoms with Crippen LogP contribution in [0.1, 0.15) is 37.7 Å². The van der Waals surface area contributed by atoms with Crippen LogP contribution >= 0.6 is 0 Å². The second-order valence-electron chi connectivity index (χ2n) is 3.84. The third-order valence-corrected chi connectivity index (χ3v) is 1.84. The number of nitrogens with zero attached hydrogens (tertiary/aromatic N) is 2. The summed E-state index contributed by atoms with van der Waals surface area (Å²) >= 11 is 0. The van der Waals surface area contributed by atoms with Gasteiger partial charge in [-0.15, -0.1) is 0 Å². The van der Waals surface area contributed by atoms with E-state index >= 15 is 0 Å². The van der Waals surface area contributed by atoms with Crippen LogP contribution in [-0.2, 0) is 0 Å². The first-order valence-corrected chi connectivity index (χ1v) is 5.50. The molecule has 1 aromatic heterocycles. The Bertz CT molecular complexity index is 352. The molecule has 0 aliphatic carbocycles. The minimum Gasteiger partial charge on any atom is -0.369 e. The number of rotatable bonds is 5. The molecule has 0 aliphatic rings. The van der Waals surface area contributed by atoms with Gasteiger partial charge in [0.25, 0.3) is 5.91 Å². The summed E-state index contributed by atoms with van der Waals surface area (Å²) in [5.74, 6) is 0.445. The third kappa shape index (κ3) is 3.84. The van der Waals surface area contributed by atoms with Crippen LogP contribution in [0.5, 0.6) is 0 Å².